The van der Waals surface area contributed by atoms with Gasteiger partial charge >= 0.3 is 0 Å². The van der Waals surface area contributed by atoms with Crippen LogP contribution in [0.1, 0.15) is 60.1 Å². The Bertz CT molecular complexity index is 926. The van der Waals surface area contributed by atoms with Gasteiger partial charge in [0.05, 0.1) is 17.1 Å². The number of hydrogen-bond donors (Lipinski definition) is 0. The topological polar surface area (TPSA) is 42.9 Å². The summed E-state index contributed by atoms with van der Waals surface area (Å²) in [4.78, 5) is 20.7. The van der Waals surface area contributed by atoms with Gasteiger partial charge in [0.25, 0.3) is 0 Å². The second-order valence-electron chi connectivity index (χ2n) is 7.30. The third-order valence-corrected chi connectivity index (χ3v) is 5.16. The number of aldehydes is 1. The van der Waals surface area contributed by atoms with Crippen LogP contribution in [-0.4, -0.2) is 16.3 Å². The van der Waals surface area contributed by atoms with Crippen LogP contribution >= 0.6 is 0 Å². The second-order valence-corrected chi connectivity index (χ2v) is 7.30. The average molecular weight is 356 g/mol. The molecule has 3 nitrogen and oxygen atoms in total. The first-order valence-corrected chi connectivity index (χ1v) is 9.80. The smallest absolute Gasteiger partial charge is 0.150 e. The molecule has 1 saturated carbocycles. The Morgan fingerprint density at radius 1 is 0.963 bits per heavy atom. The molecular weight excluding hydrogens is 332 g/mol. The molecular formula is C24H24N2O. The van der Waals surface area contributed by atoms with E-state index >= 15 is 0 Å². The maximum absolute atomic E-state index is 11.0. The second kappa shape index (κ2) is 7.83. The zero-order chi connectivity index (χ0) is 18.6. The van der Waals surface area contributed by atoms with Crippen LogP contribution in [0.4, 0.5) is 0 Å². The summed E-state index contributed by atoms with van der Waals surface area (Å²) in [6.07, 6.45) is 8.56. The molecule has 0 aliphatic heterocycles. The quantitative estimate of drug-likeness (QED) is 0.499. The van der Waals surface area contributed by atoms with Crippen molar-refractivity contribution in [3.05, 3.63) is 71.5 Å². The molecule has 0 N–H and O–H groups in total. The Kier molecular flexibility index (Phi) is 5.10. The van der Waals surface area contributed by atoms with Gasteiger partial charge in [-0.05, 0) is 37.2 Å². The van der Waals surface area contributed by atoms with Crippen molar-refractivity contribution in [3.8, 4) is 22.5 Å². The first-order chi connectivity index (χ1) is 13.3. The molecule has 3 heteroatoms. The summed E-state index contributed by atoms with van der Waals surface area (Å²) < 4.78 is 0. The molecule has 1 fully saturated rings. The minimum atomic E-state index is 0.671. The third kappa shape index (κ3) is 3.97. The van der Waals surface area contributed by atoms with Gasteiger partial charge in [-0.1, -0.05) is 61.9 Å². The van der Waals surface area contributed by atoms with Crippen LogP contribution in [0.15, 0.2) is 54.7 Å². The summed E-state index contributed by atoms with van der Waals surface area (Å²) in [5.74, 6) is 0.747. The van der Waals surface area contributed by atoms with E-state index in [1.807, 2.05) is 30.5 Å². The predicted molar refractivity (Wildman–Crippen MR) is 109 cm³/mol. The molecule has 3 aromatic rings. The van der Waals surface area contributed by atoms with Crippen LogP contribution in [0.5, 0.6) is 0 Å². The van der Waals surface area contributed by atoms with Crippen LogP contribution in [0.25, 0.3) is 22.5 Å². The van der Waals surface area contributed by atoms with E-state index in [4.69, 9.17) is 9.97 Å². The highest BCUT2D eigenvalue weighted by Crippen LogP contribution is 2.40. The van der Waals surface area contributed by atoms with E-state index in [0.717, 1.165) is 59.7 Å². The van der Waals surface area contributed by atoms with E-state index < -0.39 is 0 Å². The van der Waals surface area contributed by atoms with Gasteiger partial charge in [0.2, 0.25) is 0 Å². The van der Waals surface area contributed by atoms with E-state index in [1.54, 1.807) is 0 Å². The number of carbonyl (C=O) groups excluding carboxylic acids is 1. The normalized spacial score (nSPS) is 13.5. The number of nitrogens with zero attached hydrogens (tertiary/aromatic N) is 2. The number of benzene rings is 2. The number of rotatable bonds is 7. The van der Waals surface area contributed by atoms with Gasteiger partial charge in [-0.3, -0.25) is 9.78 Å². The van der Waals surface area contributed by atoms with E-state index in [9.17, 15) is 4.79 Å². The zero-order valence-corrected chi connectivity index (χ0v) is 15.7. The van der Waals surface area contributed by atoms with E-state index in [1.165, 1.54) is 18.4 Å². The van der Waals surface area contributed by atoms with Crippen LogP contribution in [-0.2, 0) is 6.42 Å². The summed E-state index contributed by atoms with van der Waals surface area (Å²) in [6, 6.07) is 16.3. The van der Waals surface area contributed by atoms with Gasteiger partial charge in [0.15, 0.2) is 0 Å². The minimum Gasteiger partial charge on any atom is -0.298 e. The van der Waals surface area contributed by atoms with E-state index in [-0.39, 0.29) is 0 Å². The Hall–Kier alpha value is -2.81. The zero-order valence-electron chi connectivity index (χ0n) is 15.7. The first kappa shape index (κ1) is 17.6. The fourth-order valence-electron chi connectivity index (χ4n) is 3.37. The van der Waals surface area contributed by atoms with Gasteiger partial charge in [-0.15, -0.1) is 0 Å². The Morgan fingerprint density at radius 3 is 2.26 bits per heavy atom. The maximum Gasteiger partial charge on any atom is 0.150 e. The third-order valence-electron chi connectivity index (χ3n) is 5.16. The summed E-state index contributed by atoms with van der Waals surface area (Å²) in [5.41, 5.74) is 6.98. The van der Waals surface area contributed by atoms with E-state index in [0.29, 0.717) is 5.56 Å². The number of unbranched alkanes of at least 4 members (excludes halogenated alkanes) is 1. The Labute approximate surface area is 160 Å². The lowest BCUT2D eigenvalue weighted by Gasteiger charge is -2.11. The average Bonchev–Trinajstić information content (AvgIpc) is 3.58. The maximum atomic E-state index is 11.0. The molecule has 2 aromatic carbocycles. The number of carbonyl (C=O) groups is 1. The van der Waals surface area contributed by atoms with Crippen LogP contribution < -0.4 is 0 Å². The molecule has 27 heavy (non-hydrogen) atoms. The van der Waals surface area contributed by atoms with Crippen molar-refractivity contribution in [3.63, 3.8) is 0 Å². The van der Waals surface area contributed by atoms with Gasteiger partial charge < -0.3 is 0 Å². The lowest BCUT2D eigenvalue weighted by Crippen LogP contribution is -1.99. The minimum absolute atomic E-state index is 0.671. The summed E-state index contributed by atoms with van der Waals surface area (Å²) in [6.45, 7) is 2.18. The molecule has 1 aliphatic rings. The molecule has 1 aromatic heterocycles. The van der Waals surface area contributed by atoms with Crippen LogP contribution in [0.3, 0.4) is 0 Å². The number of aromatic nitrogens is 2. The van der Waals surface area contributed by atoms with Gasteiger partial charge in [0.1, 0.15) is 6.29 Å². The molecule has 0 radical (unpaired) electrons. The molecule has 0 spiro atoms. The molecule has 0 atom stereocenters. The fraction of sp³-hybridized carbons (Fsp3) is 0.292. The van der Waals surface area contributed by atoms with Crippen molar-refractivity contribution >= 4 is 6.29 Å². The highest BCUT2D eigenvalue weighted by atomic mass is 16.1. The molecule has 0 unspecified atom stereocenters. The molecule has 136 valence electrons. The van der Waals surface area contributed by atoms with Crippen LogP contribution in [0.2, 0.25) is 0 Å². The predicted octanol–water partition coefficient (Wildman–Crippen LogP) is 5.84. The van der Waals surface area contributed by atoms with Crippen molar-refractivity contribution in [1.82, 2.24) is 9.97 Å². The standard InChI is InChI=1S/C24H24N2O/c1-2-3-4-22-15-25-23(20-13-11-19(12-14-20)18-9-10-18)24(26-22)21-7-5-17(16-27)6-8-21/h5-8,11-16,18H,2-4,9-10H2,1H3. The SMILES string of the molecule is CCCCc1cnc(-c2ccc(C3CC3)cc2)c(-c2ccc(C=O)cc2)n1. The van der Waals surface area contributed by atoms with Crippen molar-refractivity contribution in [1.29, 1.82) is 0 Å². The first-order valence-electron chi connectivity index (χ1n) is 9.80. The lowest BCUT2D eigenvalue weighted by atomic mass is 10.0. The van der Waals surface area contributed by atoms with Gasteiger partial charge in [0, 0.05) is 22.9 Å². The fourth-order valence-corrected chi connectivity index (χ4v) is 3.37. The summed E-state index contributed by atoms with van der Waals surface area (Å²) in [5, 5.41) is 0. The van der Waals surface area contributed by atoms with Crippen molar-refractivity contribution in [2.45, 2.75) is 44.9 Å². The Balaban J connectivity index is 1.75. The molecule has 0 amide bonds. The molecule has 1 aliphatic carbocycles. The Morgan fingerprint density at radius 2 is 1.63 bits per heavy atom. The van der Waals surface area contributed by atoms with Crippen molar-refractivity contribution in [2.75, 3.05) is 0 Å². The molecule has 4 rings (SSSR count). The summed E-state index contributed by atoms with van der Waals surface area (Å²) in [7, 11) is 0. The van der Waals surface area contributed by atoms with Gasteiger partial charge in [-0.25, -0.2) is 4.98 Å². The monoisotopic (exact) mass is 356 g/mol. The summed E-state index contributed by atoms with van der Waals surface area (Å²) >= 11 is 0. The highest BCUT2D eigenvalue weighted by molar-refractivity contribution is 5.81. The molecule has 0 saturated heterocycles. The largest absolute Gasteiger partial charge is 0.298 e. The van der Waals surface area contributed by atoms with Crippen molar-refractivity contribution < 1.29 is 4.79 Å². The highest BCUT2D eigenvalue weighted by Gasteiger charge is 2.23. The van der Waals surface area contributed by atoms with Crippen LogP contribution in [0, 0.1) is 0 Å². The van der Waals surface area contributed by atoms with Gasteiger partial charge in [-0.2, -0.15) is 0 Å². The molecule has 1 heterocycles. The van der Waals surface area contributed by atoms with Crippen molar-refractivity contribution in [2.24, 2.45) is 0 Å². The van der Waals surface area contributed by atoms with E-state index in [2.05, 4.69) is 31.2 Å². The molecule has 0 bridgehead atoms. The lowest BCUT2D eigenvalue weighted by molar-refractivity contribution is 0.112. The number of hydrogen-bond acceptors (Lipinski definition) is 3. The number of aryl methyl sites for hydroxylation is 1.